The van der Waals surface area contributed by atoms with Crippen LogP contribution in [0.3, 0.4) is 0 Å². The molecule has 40 heavy (non-hydrogen) atoms. The maximum atomic E-state index is 5.36. The summed E-state index contributed by atoms with van der Waals surface area (Å²) in [5, 5.41) is 2.02. The Hall–Kier alpha value is -5.22. The molecule has 6 rings (SSSR count). The van der Waals surface area contributed by atoms with Gasteiger partial charge in [-0.25, -0.2) is 9.97 Å². The monoisotopic (exact) mass is 518 g/mol. The van der Waals surface area contributed by atoms with E-state index in [4.69, 9.17) is 9.97 Å². The summed E-state index contributed by atoms with van der Waals surface area (Å²) in [6.45, 7) is 12.2. The number of benzene rings is 3. The van der Waals surface area contributed by atoms with Crippen LogP contribution in [0.1, 0.15) is 25.1 Å². The van der Waals surface area contributed by atoms with Gasteiger partial charge in [0, 0.05) is 22.2 Å². The van der Waals surface area contributed by atoms with Crippen molar-refractivity contribution in [3.63, 3.8) is 0 Å². The Labute approximate surface area is 233 Å². The molecule has 3 heterocycles. The van der Waals surface area contributed by atoms with Crippen molar-refractivity contribution in [2.75, 3.05) is 0 Å². The molecule has 3 aromatic heterocycles. The molecule has 0 aliphatic carbocycles. The number of para-hydroxylation sites is 1. The van der Waals surface area contributed by atoms with Crippen molar-refractivity contribution in [3.05, 3.63) is 132 Å². The van der Waals surface area contributed by atoms with Crippen LogP contribution in [0.25, 0.3) is 69.1 Å². The Kier molecular flexibility index (Phi) is 6.59. The Balaban J connectivity index is 1.77. The second kappa shape index (κ2) is 10.5. The zero-order valence-electron chi connectivity index (χ0n) is 22.8. The van der Waals surface area contributed by atoms with Gasteiger partial charge in [0.25, 0.3) is 0 Å². The SMILES string of the molecule is C=C/C=c1\c(=C/C)c2nc3c(C=C)c(/C=C\C)n(-c4cccc(-c5ccccc5)c4)c3nc2n1-c1ccccc1. The van der Waals surface area contributed by atoms with Crippen molar-refractivity contribution in [3.8, 4) is 22.5 Å². The van der Waals surface area contributed by atoms with Crippen molar-refractivity contribution in [2.24, 2.45) is 0 Å². The van der Waals surface area contributed by atoms with Crippen LogP contribution >= 0.6 is 0 Å². The van der Waals surface area contributed by atoms with Gasteiger partial charge >= 0.3 is 0 Å². The molecular weight excluding hydrogens is 488 g/mol. The topological polar surface area (TPSA) is 35.6 Å². The van der Waals surface area contributed by atoms with Gasteiger partial charge in [-0.2, -0.15) is 0 Å². The zero-order valence-corrected chi connectivity index (χ0v) is 22.8. The molecule has 0 spiro atoms. The summed E-state index contributed by atoms with van der Waals surface area (Å²) in [6, 6.07) is 29.3. The number of hydrogen-bond acceptors (Lipinski definition) is 2. The number of rotatable bonds is 6. The van der Waals surface area contributed by atoms with E-state index in [2.05, 4.69) is 95.1 Å². The van der Waals surface area contributed by atoms with Gasteiger partial charge < -0.3 is 0 Å². The number of allylic oxidation sites excluding steroid dienone is 2. The fourth-order valence-corrected chi connectivity index (χ4v) is 5.44. The minimum Gasteiger partial charge on any atom is -0.292 e. The fourth-order valence-electron chi connectivity index (χ4n) is 5.44. The third kappa shape index (κ3) is 4.02. The summed E-state index contributed by atoms with van der Waals surface area (Å²) >= 11 is 0. The van der Waals surface area contributed by atoms with Crippen LogP contribution < -0.4 is 10.6 Å². The van der Waals surface area contributed by atoms with E-state index in [0.717, 1.165) is 66.7 Å². The normalized spacial score (nSPS) is 12.7. The van der Waals surface area contributed by atoms with Crippen LogP contribution in [0.15, 0.2) is 110 Å². The second-order valence-corrected chi connectivity index (χ2v) is 9.48. The first-order valence-electron chi connectivity index (χ1n) is 13.4. The van der Waals surface area contributed by atoms with Gasteiger partial charge in [-0.3, -0.25) is 9.13 Å². The summed E-state index contributed by atoms with van der Waals surface area (Å²) in [5.74, 6) is 0. The van der Waals surface area contributed by atoms with E-state index in [1.807, 2.05) is 62.4 Å². The van der Waals surface area contributed by atoms with Gasteiger partial charge in [-0.1, -0.05) is 98.1 Å². The molecule has 0 bridgehead atoms. The van der Waals surface area contributed by atoms with Gasteiger partial charge in [-0.15, -0.1) is 0 Å². The molecule has 6 aromatic rings. The third-order valence-electron chi connectivity index (χ3n) is 7.15. The summed E-state index contributed by atoms with van der Waals surface area (Å²) in [4.78, 5) is 10.6. The summed E-state index contributed by atoms with van der Waals surface area (Å²) in [5.41, 5.74) is 9.52. The molecule has 0 fully saturated rings. The molecule has 0 unspecified atom stereocenters. The van der Waals surface area contributed by atoms with Crippen LogP contribution in [-0.2, 0) is 0 Å². The lowest BCUT2D eigenvalue weighted by Crippen LogP contribution is -2.28. The molecule has 0 radical (unpaired) electrons. The van der Waals surface area contributed by atoms with Crippen molar-refractivity contribution in [1.82, 2.24) is 19.1 Å². The molecule has 3 aromatic carbocycles. The van der Waals surface area contributed by atoms with Crippen molar-refractivity contribution in [2.45, 2.75) is 13.8 Å². The second-order valence-electron chi connectivity index (χ2n) is 9.48. The quantitative estimate of drug-likeness (QED) is 0.229. The summed E-state index contributed by atoms with van der Waals surface area (Å²) in [6.07, 6.45) is 12.0. The highest BCUT2D eigenvalue weighted by molar-refractivity contribution is 5.95. The van der Waals surface area contributed by atoms with Crippen molar-refractivity contribution < 1.29 is 0 Å². The first-order chi connectivity index (χ1) is 19.7. The maximum absolute atomic E-state index is 5.36. The Morgan fingerprint density at radius 2 is 1.38 bits per heavy atom. The fraction of sp³-hybridized carbons (Fsp3) is 0.0556. The smallest absolute Gasteiger partial charge is 0.166 e. The molecule has 194 valence electrons. The van der Waals surface area contributed by atoms with Gasteiger partial charge in [-0.05, 0) is 61.4 Å². The highest BCUT2D eigenvalue weighted by atomic mass is 15.1. The Bertz CT molecular complexity index is 2040. The van der Waals surface area contributed by atoms with E-state index in [1.165, 1.54) is 0 Å². The number of nitrogens with zero attached hydrogens (tertiary/aromatic N) is 4. The minimum atomic E-state index is 0.781. The first kappa shape index (κ1) is 25.1. The van der Waals surface area contributed by atoms with E-state index >= 15 is 0 Å². The lowest BCUT2D eigenvalue weighted by Gasteiger charge is -2.11. The van der Waals surface area contributed by atoms with Crippen molar-refractivity contribution in [1.29, 1.82) is 0 Å². The molecule has 0 saturated carbocycles. The van der Waals surface area contributed by atoms with Gasteiger partial charge in [0.1, 0.15) is 11.0 Å². The van der Waals surface area contributed by atoms with Crippen LogP contribution in [-0.4, -0.2) is 19.1 Å². The molecular formula is C36H30N4. The number of fused-ring (bicyclic) bond motifs is 2. The molecule has 0 amide bonds. The predicted octanol–water partition coefficient (Wildman–Crippen LogP) is 7.47. The van der Waals surface area contributed by atoms with Crippen LogP contribution in [0, 0.1) is 0 Å². The molecule has 0 aliphatic heterocycles. The maximum Gasteiger partial charge on any atom is 0.166 e. The third-order valence-corrected chi connectivity index (χ3v) is 7.15. The van der Waals surface area contributed by atoms with Crippen LogP contribution in [0.2, 0.25) is 0 Å². The highest BCUT2D eigenvalue weighted by Gasteiger charge is 2.21. The van der Waals surface area contributed by atoms with E-state index in [9.17, 15) is 0 Å². The summed E-state index contributed by atoms with van der Waals surface area (Å²) in [7, 11) is 0. The first-order valence-corrected chi connectivity index (χ1v) is 13.4. The van der Waals surface area contributed by atoms with Gasteiger partial charge in [0.05, 0.1) is 11.0 Å². The average Bonchev–Trinajstić information content (AvgIpc) is 3.47. The minimum absolute atomic E-state index is 0.781. The van der Waals surface area contributed by atoms with E-state index in [0.29, 0.717) is 0 Å². The molecule has 0 saturated heterocycles. The molecule has 0 atom stereocenters. The Morgan fingerprint density at radius 3 is 2.05 bits per heavy atom. The van der Waals surface area contributed by atoms with E-state index in [1.54, 1.807) is 0 Å². The van der Waals surface area contributed by atoms with E-state index < -0.39 is 0 Å². The summed E-state index contributed by atoms with van der Waals surface area (Å²) < 4.78 is 4.36. The molecule has 0 N–H and O–H groups in total. The zero-order chi connectivity index (χ0) is 27.6. The van der Waals surface area contributed by atoms with Gasteiger partial charge in [0.2, 0.25) is 0 Å². The molecule has 4 heteroatoms. The number of aromatic nitrogens is 4. The van der Waals surface area contributed by atoms with E-state index in [-0.39, 0.29) is 0 Å². The average molecular weight is 519 g/mol. The number of hydrogen-bond donors (Lipinski definition) is 0. The van der Waals surface area contributed by atoms with Gasteiger partial charge in [0.15, 0.2) is 11.3 Å². The lowest BCUT2D eigenvalue weighted by molar-refractivity contribution is 1.03. The molecule has 4 nitrogen and oxygen atoms in total. The molecule has 0 aliphatic rings. The van der Waals surface area contributed by atoms with Crippen LogP contribution in [0.5, 0.6) is 0 Å². The highest BCUT2D eigenvalue weighted by Crippen LogP contribution is 2.32. The largest absolute Gasteiger partial charge is 0.292 e. The lowest BCUT2D eigenvalue weighted by atomic mass is 10.1. The Morgan fingerprint density at radius 1 is 0.700 bits per heavy atom. The standard InChI is InChI=1S/C36H30N4/c1-5-16-31-29(7-3)33-35(39(31)27-21-13-10-14-22-27)38-36-34(37-33)30(8-4)32(17-6-2)40(36)28-23-15-20-26(24-28)25-18-11-9-12-19-25/h5-24H,1,4H2,2-3H3/b17-6-,29-7+,31-16+. The van der Waals surface area contributed by atoms with Crippen molar-refractivity contribution >= 4 is 46.6 Å². The van der Waals surface area contributed by atoms with Crippen LogP contribution in [0.4, 0.5) is 0 Å². The predicted molar refractivity (Wildman–Crippen MR) is 170 cm³/mol.